The summed E-state index contributed by atoms with van der Waals surface area (Å²) in [4.78, 5) is 14.6. The minimum atomic E-state index is 0.0638. The smallest absolute Gasteiger partial charge is 0.237 e. The maximum absolute atomic E-state index is 12.0. The quantitative estimate of drug-likeness (QED) is 0.791. The highest BCUT2D eigenvalue weighted by Gasteiger charge is 2.23. The minimum absolute atomic E-state index is 0.0638. The molecule has 0 bridgehead atoms. The van der Waals surface area contributed by atoms with Gasteiger partial charge >= 0.3 is 0 Å². The summed E-state index contributed by atoms with van der Waals surface area (Å²) in [6, 6.07) is 0.0638. The van der Waals surface area contributed by atoms with Crippen molar-refractivity contribution < 1.29 is 4.79 Å². The van der Waals surface area contributed by atoms with Crippen molar-refractivity contribution in [3.63, 3.8) is 0 Å². The highest BCUT2D eigenvalue weighted by atomic mass is 16.2. The van der Waals surface area contributed by atoms with Crippen molar-refractivity contribution in [1.82, 2.24) is 15.5 Å². The number of piperidine rings is 2. The second-order valence-electron chi connectivity index (χ2n) is 6.03. The minimum Gasteiger partial charge on any atom is -0.354 e. The first-order valence-corrected chi connectivity index (χ1v) is 8.03. The second kappa shape index (κ2) is 7.85. The molecule has 0 aliphatic carbocycles. The van der Waals surface area contributed by atoms with Crippen LogP contribution in [0, 0.1) is 5.92 Å². The number of nitrogens with zero attached hydrogens (tertiary/aromatic N) is 1. The van der Waals surface area contributed by atoms with Crippen molar-refractivity contribution in [3.05, 3.63) is 0 Å². The monoisotopic (exact) mass is 267 g/mol. The Hall–Kier alpha value is -0.610. The molecule has 2 fully saturated rings. The molecule has 19 heavy (non-hydrogen) atoms. The lowest BCUT2D eigenvalue weighted by Crippen LogP contribution is -2.48. The van der Waals surface area contributed by atoms with Crippen LogP contribution in [0.5, 0.6) is 0 Å². The Balaban J connectivity index is 1.61. The van der Waals surface area contributed by atoms with E-state index in [0.717, 1.165) is 19.5 Å². The van der Waals surface area contributed by atoms with Gasteiger partial charge in [-0.1, -0.05) is 13.3 Å². The molecular weight excluding hydrogens is 238 g/mol. The fraction of sp³-hybridized carbons (Fsp3) is 0.933. The van der Waals surface area contributed by atoms with Crippen molar-refractivity contribution in [1.29, 1.82) is 0 Å². The Labute approximate surface area is 117 Å². The third-order valence-corrected chi connectivity index (χ3v) is 4.44. The zero-order chi connectivity index (χ0) is 13.5. The number of rotatable bonds is 5. The van der Waals surface area contributed by atoms with Gasteiger partial charge in [-0.3, -0.25) is 4.79 Å². The van der Waals surface area contributed by atoms with E-state index < -0.39 is 0 Å². The molecule has 1 atom stereocenters. The Kier molecular flexibility index (Phi) is 6.11. The Morgan fingerprint density at radius 2 is 2.05 bits per heavy atom. The van der Waals surface area contributed by atoms with Gasteiger partial charge < -0.3 is 15.5 Å². The molecule has 2 aliphatic rings. The van der Waals surface area contributed by atoms with Gasteiger partial charge in [0.05, 0.1) is 6.04 Å². The number of carbonyl (C=O) groups excluding carboxylic acids is 1. The predicted octanol–water partition coefficient (Wildman–Crippen LogP) is 1.37. The zero-order valence-corrected chi connectivity index (χ0v) is 12.3. The lowest BCUT2D eigenvalue weighted by molar-refractivity contribution is -0.123. The van der Waals surface area contributed by atoms with Gasteiger partial charge in [0.15, 0.2) is 0 Å². The van der Waals surface area contributed by atoms with Gasteiger partial charge in [0.25, 0.3) is 0 Å². The van der Waals surface area contributed by atoms with Crippen LogP contribution in [-0.2, 0) is 4.79 Å². The number of likely N-dealkylation sites (tertiary alicyclic amines) is 1. The van der Waals surface area contributed by atoms with E-state index in [2.05, 4.69) is 22.5 Å². The summed E-state index contributed by atoms with van der Waals surface area (Å²) in [5.74, 6) is 0.899. The first kappa shape index (κ1) is 14.8. The van der Waals surface area contributed by atoms with Crippen molar-refractivity contribution in [2.75, 3.05) is 32.7 Å². The molecule has 2 rings (SSSR count). The SMILES string of the molecule is CCCN1CCC(CNC(=O)[C@H]2CCCCN2)CC1. The highest BCUT2D eigenvalue weighted by molar-refractivity contribution is 5.81. The largest absolute Gasteiger partial charge is 0.354 e. The number of amides is 1. The van der Waals surface area contributed by atoms with Crippen LogP contribution in [0.15, 0.2) is 0 Å². The first-order chi connectivity index (χ1) is 9.29. The molecule has 0 aromatic rings. The summed E-state index contributed by atoms with van der Waals surface area (Å²) >= 11 is 0. The van der Waals surface area contributed by atoms with E-state index in [1.807, 2.05) is 0 Å². The number of hydrogen-bond acceptors (Lipinski definition) is 3. The third-order valence-electron chi connectivity index (χ3n) is 4.44. The van der Waals surface area contributed by atoms with Crippen LogP contribution >= 0.6 is 0 Å². The van der Waals surface area contributed by atoms with E-state index in [4.69, 9.17) is 0 Å². The standard InChI is InChI=1S/C15H29N3O/c1-2-9-18-10-6-13(7-11-18)12-17-15(19)14-5-3-4-8-16-14/h13-14,16H,2-12H2,1H3,(H,17,19)/t14-/m1/s1. The molecular formula is C15H29N3O. The molecule has 1 amide bonds. The van der Waals surface area contributed by atoms with Crippen LogP contribution in [0.3, 0.4) is 0 Å². The molecule has 0 aromatic carbocycles. The van der Waals surface area contributed by atoms with Gasteiger partial charge in [-0.05, 0) is 64.2 Å². The van der Waals surface area contributed by atoms with Crippen LogP contribution in [0.2, 0.25) is 0 Å². The fourth-order valence-electron chi connectivity index (χ4n) is 3.17. The van der Waals surface area contributed by atoms with Crippen LogP contribution in [0.25, 0.3) is 0 Å². The van der Waals surface area contributed by atoms with Crippen molar-refractivity contribution in [2.24, 2.45) is 5.92 Å². The highest BCUT2D eigenvalue weighted by Crippen LogP contribution is 2.16. The average Bonchev–Trinajstić information content (AvgIpc) is 2.47. The van der Waals surface area contributed by atoms with Gasteiger partial charge in [-0.2, -0.15) is 0 Å². The summed E-state index contributed by atoms with van der Waals surface area (Å²) in [6.07, 6.45) is 7.10. The summed E-state index contributed by atoms with van der Waals surface area (Å²) in [5, 5.41) is 6.46. The molecule has 0 unspecified atom stereocenters. The molecule has 4 heteroatoms. The number of hydrogen-bond donors (Lipinski definition) is 2. The molecule has 110 valence electrons. The lowest BCUT2D eigenvalue weighted by Gasteiger charge is -2.32. The van der Waals surface area contributed by atoms with Crippen LogP contribution in [0.1, 0.15) is 45.4 Å². The maximum atomic E-state index is 12.0. The predicted molar refractivity (Wildman–Crippen MR) is 78.1 cm³/mol. The summed E-state index contributed by atoms with van der Waals surface area (Å²) in [7, 11) is 0. The Morgan fingerprint density at radius 3 is 2.68 bits per heavy atom. The molecule has 4 nitrogen and oxygen atoms in total. The van der Waals surface area contributed by atoms with Gasteiger partial charge in [0.1, 0.15) is 0 Å². The maximum Gasteiger partial charge on any atom is 0.237 e. The van der Waals surface area contributed by atoms with Gasteiger partial charge in [0, 0.05) is 6.54 Å². The Morgan fingerprint density at radius 1 is 1.26 bits per heavy atom. The van der Waals surface area contributed by atoms with Gasteiger partial charge in [-0.15, -0.1) is 0 Å². The first-order valence-electron chi connectivity index (χ1n) is 8.03. The zero-order valence-electron chi connectivity index (χ0n) is 12.3. The van der Waals surface area contributed by atoms with Crippen LogP contribution in [-0.4, -0.2) is 49.6 Å². The van der Waals surface area contributed by atoms with E-state index in [1.54, 1.807) is 0 Å². The van der Waals surface area contributed by atoms with E-state index in [1.165, 1.54) is 51.7 Å². The van der Waals surface area contributed by atoms with Gasteiger partial charge in [0.2, 0.25) is 5.91 Å². The average molecular weight is 267 g/mol. The van der Waals surface area contributed by atoms with E-state index in [0.29, 0.717) is 5.92 Å². The molecule has 2 heterocycles. The molecule has 2 saturated heterocycles. The summed E-state index contributed by atoms with van der Waals surface area (Å²) < 4.78 is 0. The normalized spacial score (nSPS) is 26.3. The second-order valence-corrected chi connectivity index (χ2v) is 6.03. The molecule has 0 spiro atoms. The summed E-state index contributed by atoms with van der Waals surface area (Å²) in [6.45, 7) is 7.74. The molecule has 0 aromatic heterocycles. The van der Waals surface area contributed by atoms with E-state index >= 15 is 0 Å². The van der Waals surface area contributed by atoms with Crippen molar-refractivity contribution in [2.45, 2.75) is 51.5 Å². The number of carbonyl (C=O) groups is 1. The molecule has 2 N–H and O–H groups in total. The summed E-state index contributed by atoms with van der Waals surface area (Å²) in [5.41, 5.74) is 0. The van der Waals surface area contributed by atoms with Gasteiger partial charge in [-0.25, -0.2) is 0 Å². The van der Waals surface area contributed by atoms with E-state index in [-0.39, 0.29) is 11.9 Å². The fourth-order valence-corrected chi connectivity index (χ4v) is 3.17. The third kappa shape index (κ3) is 4.77. The van der Waals surface area contributed by atoms with Crippen LogP contribution in [0.4, 0.5) is 0 Å². The molecule has 0 radical (unpaired) electrons. The van der Waals surface area contributed by atoms with E-state index in [9.17, 15) is 4.79 Å². The number of nitrogens with one attached hydrogen (secondary N) is 2. The van der Waals surface area contributed by atoms with Crippen molar-refractivity contribution in [3.8, 4) is 0 Å². The topological polar surface area (TPSA) is 44.4 Å². The van der Waals surface area contributed by atoms with Crippen LogP contribution < -0.4 is 10.6 Å². The molecule has 0 saturated carbocycles. The Bertz CT molecular complexity index is 269. The lowest BCUT2D eigenvalue weighted by atomic mass is 9.96. The molecule has 2 aliphatic heterocycles. The van der Waals surface area contributed by atoms with Crippen molar-refractivity contribution >= 4 is 5.91 Å².